The summed E-state index contributed by atoms with van der Waals surface area (Å²) in [4.78, 5) is 26.9. The van der Waals surface area contributed by atoms with Crippen LogP contribution in [0.25, 0.3) is 11.0 Å². The van der Waals surface area contributed by atoms with Crippen molar-refractivity contribution in [3.05, 3.63) is 53.1 Å². The molecule has 140 valence electrons. The van der Waals surface area contributed by atoms with Crippen LogP contribution in [-0.4, -0.2) is 53.5 Å². The van der Waals surface area contributed by atoms with E-state index in [1.165, 1.54) is 6.26 Å². The number of sulfone groups is 1. The summed E-state index contributed by atoms with van der Waals surface area (Å²) in [5.74, 6) is 0.422. The normalized spacial score (nSPS) is 14.8. The number of H-pyrrole nitrogens is 1. The number of aromatic amines is 1. The van der Waals surface area contributed by atoms with E-state index in [1.807, 2.05) is 12.1 Å². The molecule has 0 aliphatic carbocycles. The first-order valence-corrected chi connectivity index (χ1v) is 10.6. The summed E-state index contributed by atoms with van der Waals surface area (Å²) in [7, 11) is -3.24. The van der Waals surface area contributed by atoms with E-state index < -0.39 is 9.84 Å². The predicted molar refractivity (Wildman–Crippen MR) is 101 cm³/mol. The number of hydrogen-bond acceptors (Lipinski definition) is 5. The predicted octanol–water partition coefficient (Wildman–Crippen LogP) is 1.91. The lowest BCUT2D eigenvalue weighted by molar-refractivity contribution is 0.0759. The van der Waals surface area contributed by atoms with E-state index in [9.17, 15) is 13.2 Å². The fraction of sp³-hybridized carbons (Fsp3) is 0.316. The highest BCUT2D eigenvalue weighted by Crippen LogP contribution is 2.22. The third-order valence-corrected chi connectivity index (χ3v) is 6.04. The highest BCUT2D eigenvalue weighted by molar-refractivity contribution is 7.90. The highest BCUT2D eigenvalue weighted by atomic mass is 32.2. The zero-order valence-electron chi connectivity index (χ0n) is 15.2. The minimum absolute atomic E-state index is 0.124. The first-order chi connectivity index (χ1) is 12.8. The number of carbonyl (C=O) groups excluding carboxylic acids is 1. The molecule has 1 N–H and O–H groups in total. The molecule has 3 heterocycles. The van der Waals surface area contributed by atoms with Crippen LogP contribution in [0.4, 0.5) is 0 Å². The van der Waals surface area contributed by atoms with Gasteiger partial charge in [-0.1, -0.05) is 6.07 Å². The number of hydrogen-bond donors (Lipinski definition) is 1. The molecule has 0 spiro atoms. The van der Waals surface area contributed by atoms with Crippen molar-refractivity contribution in [2.75, 3.05) is 19.3 Å². The van der Waals surface area contributed by atoms with Crippen molar-refractivity contribution in [2.24, 2.45) is 0 Å². The molecule has 0 unspecified atom stereocenters. The van der Waals surface area contributed by atoms with Gasteiger partial charge in [0.15, 0.2) is 9.84 Å². The van der Waals surface area contributed by atoms with Crippen LogP contribution in [0.3, 0.4) is 0 Å². The van der Waals surface area contributed by atoms with Gasteiger partial charge in [-0.15, -0.1) is 0 Å². The van der Waals surface area contributed by atoms with Crippen LogP contribution in [0.2, 0.25) is 0 Å². The molecule has 1 aromatic carbocycles. The SMILES string of the molecule is Cc1nc(C(=O)N2CCc3ccc(S(C)(=O)=O)cc3CC2)c2cc[nH]c2n1. The van der Waals surface area contributed by atoms with Gasteiger partial charge in [0.25, 0.3) is 5.91 Å². The van der Waals surface area contributed by atoms with Crippen molar-refractivity contribution in [1.29, 1.82) is 0 Å². The second-order valence-electron chi connectivity index (χ2n) is 6.85. The topological polar surface area (TPSA) is 96.0 Å². The lowest BCUT2D eigenvalue weighted by atomic mass is 10.0. The van der Waals surface area contributed by atoms with Crippen LogP contribution in [-0.2, 0) is 22.7 Å². The number of fused-ring (bicyclic) bond motifs is 2. The fourth-order valence-electron chi connectivity index (χ4n) is 3.50. The number of rotatable bonds is 2. The standard InChI is InChI=1S/C19H20N4O3S/c1-12-21-17(16-5-8-20-18(16)22-12)19(24)23-9-6-13-3-4-15(27(2,25)26)11-14(13)7-10-23/h3-5,8,11H,6-7,9-10H2,1-2H3,(H,20,21,22). The van der Waals surface area contributed by atoms with Crippen LogP contribution in [0.1, 0.15) is 27.4 Å². The molecular weight excluding hydrogens is 364 g/mol. The molecule has 0 bridgehead atoms. The second-order valence-corrected chi connectivity index (χ2v) is 8.87. The van der Waals surface area contributed by atoms with Gasteiger partial charge in [-0.2, -0.15) is 0 Å². The smallest absolute Gasteiger partial charge is 0.273 e. The fourth-order valence-corrected chi connectivity index (χ4v) is 4.17. The van der Waals surface area contributed by atoms with E-state index in [1.54, 1.807) is 30.2 Å². The molecule has 27 heavy (non-hydrogen) atoms. The third kappa shape index (κ3) is 3.32. The van der Waals surface area contributed by atoms with Gasteiger partial charge in [-0.05, 0) is 49.1 Å². The summed E-state index contributed by atoms with van der Waals surface area (Å²) in [5, 5.41) is 0.715. The van der Waals surface area contributed by atoms with Crippen molar-refractivity contribution in [3.8, 4) is 0 Å². The Labute approximate surface area is 157 Å². The average Bonchev–Trinajstić information content (AvgIpc) is 2.97. The van der Waals surface area contributed by atoms with Crippen LogP contribution in [0.5, 0.6) is 0 Å². The first kappa shape index (κ1) is 17.7. The third-order valence-electron chi connectivity index (χ3n) is 4.93. The van der Waals surface area contributed by atoms with Crippen LogP contribution < -0.4 is 0 Å². The van der Waals surface area contributed by atoms with Crippen molar-refractivity contribution in [1.82, 2.24) is 19.9 Å². The molecule has 3 aromatic rings. The quantitative estimate of drug-likeness (QED) is 0.728. The lowest BCUT2D eigenvalue weighted by Crippen LogP contribution is -2.34. The number of amides is 1. The van der Waals surface area contributed by atoms with Crippen molar-refractivity contribution < 1.29 is 13.2 Å². The monoisotopic (exact) mass is 384 g/mol. The summed E-state index contributed by atoms with van der Waals surface area (Å²) in [6.07, 6.45) is 4.26. The molecule has 8 heteroatoms. The Kier molecular flexibility index (Phi) is 4.22. The summed E-state index contributed by atoms with van der Waals surface area (Å²) in [6.45, 7) is 2.86. The van der Waals surface area contributed by atoms with Gasteiger partial charge in [-0.25, -0.2) is 18.4 Å². The number of nitrogens with one attached hydrogen (secondary N) is 1. The molecule has 1 aliphatic rings. The Balaban J connectivity index is 1.63. The first-order valence-electron chi connectivity index (χ1n) is 8.76. The molecular formula is C19H20N4O3S. The zero-order valence-corrected chi connectivity index (χ0v) is 16.0. The minimum Gasteiger partial charge on any atom is -0.346 e. The van der Waals surface area contributed by atoms with Gasteiger partial charge < -0.3 is 9.88 Å². The van der Waals surface area contributed by atoms with Crippen LogP contribution in [0.15, 0.2) is 35.4 Å². The molecule has 1 amide bonds. The summed E-state index contributed by atoms with van der Waals surface area (Å²) in [5.41, 5.74) is 3.13. The van der Waals surface area contributed by atoms with Gasteiger partial charge >= 0.3 is 0 Å². The molecule has 0 saturated heterocycles. The minimum atomic E-state index is -3.24. The lowest BCUT2D eigenvalue weighted by Gasteiger charge is -2.20. The highest BCUT2D eigenvalue weighted by Gasteiger charge is 2.24. The van der Waals surface area contributed by atoms with Crippen molar-refractivity contribution >= 4 is 26.8 Å². The molecule has 0 fully saturated rings. The van der Waals surface area contributed by atoms with Gasteiger partial charge in [0.1, 0.15) is 17.2 Å². The maximum Gasteiger partial charge on any atom is 0.273 e. The molecule has 4 rings (SSSR count). The van der Waals surface area contributed by atoms with E-state index in [-0.39, 0.29) is 5.91 Å². The average molecular weight is 384 g/mol. The van der Waals surface area contributed by atoms with Gasteiger partial charge in [0.2, 0.25) is 0 Å². The number of aryl methyl sites for hydroxylation is 1. The maximum absolute atomic E-state index is 13.1. The molecule has 2 aromatic heterocycles. The number of carbonyl (C=O) groups is 1. The van der Waals surface area contributed by atoms with E-state index in [4.69, 9.17) is 0 Å². The van der Waals surface area contributed by atoms with E-state index in [0.29, 0.717) is 53.4 Å². The summed E-state index contributed by atoms with van der Waals surface area (Å²) < 4.78 is 23.6. The van der Waals surface area contributed by atoms with E-state index in [2.05, 4.69) is 15.0 Å². The Morgan fingerprint density at radius 1 is 1.11 bits per heavy atom. The van der Waals surface area contributed by atoms with Crippen molar-refractivity contribution in [2.45, 2.75) is 24.7 Å². The van der Waals surface area contributed by atoms with Gasteiger partial charge in [0, 0.05) is 25.5 Å². The number of aromatic nitrogens is 3. The Bertz CT molecular complexity index is 1150. The van der Waals surface area contributed by atoms with E-state index in [0.717, 1.165) is 11.1 Å². The number of benzene rings is 1. The Hall–Kier alpha value is -2.74. The molecule has 0 saturated carbocycles. The van der Waals surface area contributed by atoms with Crippen molar-refractivity contribution in [3.63, 3.8) is 0 Å². The van der Waals surface area contributed by atoms with Gasteiger partial charge in [0.05, 0.1) is 10.3 Å². The Morgan fingerprint density at radius 3 is 2.59 bits per heavy atom. The molecule has 1 aliphatic heterocycles. The van der Waals surface area contributed by atoms with Crippen LogP contribution in [0, 0.1) is 6.92 Å². The number of nitrogens with zero attached hydrogens (tertiary/aromatic N) is 3. The summed E-state index contributed by atoms with van der Waals surface area (Å²) in [6, 6.07) is 7.05. The largest absolute Gasteiger partial charge is 0.346 e. The molecule has 7 nitrogen and oxygen atoms in total. The Morgan fingerprint density at radius 2 is 1.85 bits per heavy atom. The maximum atomic E-state index is 13.1. The second kappa shape index (κ2) is 6.45. The molecule has 0 radical (unpaired) electrons. The van der Waals surface area contributed by atoms with Gasteiger partial charge in [-0.3, -0.25) is 4.79 Å². The zero-order chi connectivity index (χ0) is 19.2. The van der Waals surface area contributed by atoms with E-state index >= 15 is 0 Å². The summed E-state index contributed by atoms with van der Waals surface area (Å²) >= 11 is 0. The van der Waals surface area contributed by atoms with Crippen LogP contribution >= 0.6 is 0 Å². The molecule has 0 atom stereocenters.